The third kappa shape index (κ3) is 4.42. The first kappa shape index (κ1) is 15.2. The van der Waals surface area contributed by atoms with Gasteiger partial charge in [0, 0.05) is 12.7 Å². The van der Waals surface area contributed by atoms with E-state index in [1.165, 1.54) is 12.1 Å². The Morgan fingerprint density at radius 1 is 1.44 bits per heavy atom. The zero-order valence-electron chi connectivity index (χ0n) is 12.4. The predicted octanol–water partition coefficient (Wildman–Crippen LogP) is 2.87. The summed E-state index contributed by atoms with van der Waals surface area (Å²) < 4.78 is 2.01. The number of nitrogens with zero attached hydrogens (tertiary/aromatic N) is 2. The molecule has 3 N–H and O–H groups in total. The molecule has 2 atom stereocenters. The van der Waals surface area contributed by atoms with Gasteiger partial charge in [-0.1, -0.05) is 27.7 Å². The molecule has 1 rings (SSSR count). The predicted molar refractivity (Wildman–Crippen MR) is 75.8 cm³/mol. The van der Waals surface area contributed by atoms with Crippen LogP contribution in [0.4, 0.5) is 0 Å². The van der Waals surface area contributed by atoms with Gasteiger partial charge >= 0.3 is 0 Å². The van der Waals surface area contributed by atoms with E-state index in [1.807, 2.05) is 10.9 Å². The zero-order valence-corrected chi connectivity index (χ0v) is 12.4. The second-order valence-corrected chi connectivity index (χ2v) is 6.40. The fourth-order valence-corrected chi connectivity index (χ4v) is 2.71. The van der Waals surface area contributed by atoms with Crippen LogP contribution in [0.2, 0.25) is 0 Å². The van der Waals surface area contributed by atoms with Crippen LogP contribution in [0, 0.1) is 11.3 Å². The van der Waals surface area contributed by atoms with Crippen molar-refractivity contribution in [2.75, 3.05) is 0 Å². The van der Waals surface area contributed by atoms with Gasteiger partial charge < -0.3 is 0 Å². The van der Waals surface area contributed by atoms with Crippen molar-refractivity contribution in [3.8, 4) is 0 Å². The highest BCUT2D eigenvalue weighted by Gasteiger charge is 2.21. The fourth-order valence-electron chi connectivity index (χ4n) is 2.71. The van der Waals surface area contributed by atoms with Crippen molar-refractivity contribution in [3.63, 3.8) is 0 Å². The summed E-state index contributed by atoms with van der Waals surface area (Å²) in [6.45, 7) is 12.1. The third-order valence-electron chi connectivity index (χ3n) is 3.21. The second kappa shape index (κ2) is 6.34. The molecule has 0 amide bonds. The van der Waals surface area contributed by atoms with E-state index < -0.39 is 0 Å². The number of aromatic nitrogens is 2. The largest absolute Gasteiger partial charge is 0.271 e. The number of rotatable bonds is 6. The number of aryl methyl sites for hydroxylation is 1. The maximum atomic E-state index is 5.71. The average Bonchev–Trinajstić information content (AvgIpc) is 2.71. The van der Waals surface area contributed by atoms with Crippen LogP contribution < -0.4 is 11.3 Å². The van der Waals surface area contributed by atoms with Gasteiger partial charge in [0.2, 0.25) is 0 Å². The van der Waals surface area contributed by atoms with Crippen molar-refractivity contribution in [3.05, 3.63) is 18.0 Å². The Bertz CT molecular complexity index is 351. The minimum absolute atomic E-state index is 0.185. The molecule has 0 bridgehead atoms. The van der Waals surface area contributed by atoms with Crippen LogP contribution in [0.25, 0.3) is 0 Å². The molecule has 1 aromatic rings. The van der Waals surface area contributed by atoms with Crippen LogP contribution in [0.15, 0.2) is 12.3 Å². The molecule has 4 heteroatoms. The summed E-state index contributed by atoms with van der Waals surface area (Å²) in [7, 11) is 0. The molecule has 1 heterocycles. The maximum Gasteiger partial charge on any atom is 0.0631 e. The van der Waals surface area contributed by atoms with E-state index in [0.717, 1.165) is 13.0 Å². The molecule has 4 nitrogen and oxygen atoms in total. The molecule has 2 unspecified atom stereocenters. The Morgan fingerprint density at radius 2 is 2.11 bits per heavy atom. The molecule has 0 spiro atoms. The Hall–Kier alpha value is -0.870. The molecular formula is C14H28N4. The van der Waals surface area contributed by atoms with Crippen LogP contribution in [-0.4, -0.2) is 9.78 Å². The summed E-state index contributed by atoms with van der Waals surface area (Å²) in [6.07, 6.45) is 4.09. The minimum Gasteiger partial charge on any atom is -0.271 e. The SMILES string of the molecule is CCn1nccc1C(CC(C)CC(C)(C)C)NN. The van der Waals surface area contributed by atoms with Gasteiger partial charge in [0.05, 0.1) is 11.7 Å². The van der Waals surface area contributed by atoms with Crippen molar-refractivity contribution in [2.45, 2.75) is 60.0 Å². The summed E-state index contributed by atoms with van der Waals surface area (Å²) >= 11 is 0. The Labute approximate surface area is 111 Å². The van der Waals surface area contributed by atoms with Gasteiger partial charge in [0.25, 0.3) is 0 Å². The van der Waals surface area contributed by atoms with Crippen molar-refractivity contribution in [1.82, 2.24) is 15.2 Å². The number of hydrogen-bond acceptors (Lipinski definition) is 3. The monoisotopic (exact) mass is 252 g/mol. The average molecular weight is 252 g/mol. The Kier molecular flexibility index (Phi) is 5.35. The summed E-state index contributed by atoms with van der Waals surface area (Å²) in [5.41, 5.74) is 4.48. The highest BCUT2D eigenvalue weighted by molar-refractivity contribution is 5.06. The molecule has 1 aromatic heterocycles. The summed E-state index contributed by atoms with van der Waals surface area (Å²) in [5, 5.41) is 4.31. The molecule has 0 aliphatic rings. The molecule has 0 radical (unpaired) electrons. The summed E-state index contributed by atoms with van der Waals surface area (Å²) in [4.78, 5) is 0. The lowest BCUT2D eigenvalue weighted by Crippen LogP contribution is -2.31. The molecular weight excluding hydrogens is 224 g/mol. The van der Waals surface area contributed by atoms with Crippen LogP contribution in [0.1, 0.15) is 59.2 Å². The van der Waals surface area contributed by atoms with Gasteiger partial charge in [-0.2, -0.15) is 5.10 Å². The van der Waals surface area contributed by atoms with Gasteiger partial charge in [-0.15, -0.1) is 0 Å². The van der Waals surface area contributed by atoms with E-state index in [2.05, 4.69) is 51.2 Å². The van der Waals surface area contributed by atoms with E-state index >= 15 is 0 Å². The molecule has 104 valence electrons. The molecule has 0 fully saturated rings. The first-order chi connectivity index (χ1) is 8.37. The van der Waals surface area contributed by atoms with Gasteiger partial charge in [-0.25, -0.2) is 0 Å². The van der Waals surface area contributed by atoms with Gasteiger partial charge in [0.15, 0.2) is 0 Å². The molecule has 0 aliphatic heterocycles. The van der Waals surface area contributed by atoms with E-state index in [9.17, 15) is 0 Å². The Balaban J connectivity index is 2.68. The maximum absolute atomic E-state index is 5.71. The standard InChI is InChI=1S/C14H28N4/c1-6-18-13(7-8-16-18)12(17-15)9-11(2)10-14(3,4)5/h7-8,11-12,17H,6,9-10,15H2,1-5H3. The van der Waals surface area contributed by atoms with Crippen LogP contribution >= 0.6 is 0 Å². The second-order valence-electron chi connectivity index (χ2n) is 6.40. The summed E-state index contributed by atoms with van der Waals surface area (Å²) in [5.74, 6) is 6.34. The van der Waals surface area contributed by atoms with Gasteiger partial charge in [0.1, 0.15) is 0 Å². The lowest BCUT2D eigenvalue weighted by atomic mass is 9.82. The van der Waals surface area contributed by atoms with Crippen molar-refractivity contribution in [1.29, 1.82) is 0 Å². The first-order valence-electron chi connectivity index (χ1n) is 6.85. The normalized spacial score (nSPS) is 15.7. The quantitative estimate of drug-likeness (QED) is 0.604. The van der Waals surface area contributed by atoms with Crippen LogP contribution in [0.5, 0.6) is 0 Å². The van der Waals surface area contributed by atoms with Crippen molar-refractivity contribution in [2.24, 2.45) is 17.2 Å². The van der Waals surface area contributed by atoms with E-state index in [-0.39, 0.29) is 6.04 Å². The number of nitrogens with two attached hydrogens (primary N) is 1. The zero-order chi connectivity index (χ0) is 13.8. The Morgan fingerprint density at radius 3 is 2.61 bits per heavy atom. The summed E-state index contributed by atoms with van der Waals surface area (Å²) in [6, 6.07) is 2.24. The van der Waals surface area contributed by atoms with Crippen LogP contribution in [-0.2, 0) is 6.54 Å². The van der Waals surface area contributed by atoms with E-state index in [0.29, 0.717) is 11.3 Å². The topological polar surface area (TPSA) is 55.9 Å². The van der Waals surface area contributed by atoms with E-state index in [4.69, 9.17) is 5.84 Å². The molecule has 18 heavy (non-hydrogen) atoms. The third-order valence-corrected chi connectivity index (χ3v) is 3.21. The number of nitrogens with one attached hydrogen (secondary N) is 1. The molecule has 0 saturated heterocycles. The van der Waals surface area contributed by atoms with Gasteiger partial charge in [-0.3, -0.25) is 16.0 Å². The number of hydrazine groups is 1. The lowest BCUT2D eigenvalue weighted by Gasteiger charge is -2.26. The molecule has 0 aromatic carbocycles. The lowest BCUT2D eigenvalue weighted by molar-refractivity contribution is 0.272. The highest BCUT2D eigenvalue weighted by Crippen LogP contribution is 2.30. The highest BCUT2D eigenvalue weighted by atomic mass is 15.3. The number of hydrogen-bond donors (Lipinski definition) is 2. The fraction of sp³-hybridized carbons (Fsp3) is 0.786. The minimum atomic E-state index is 0.185. The molecule has 0 saturated carbocycles. The van der Waals surface area contributed by atoms with E-state index in [1.54, 1.807) is 0 Å². The first-order valence-corrected chi connectivity index (χ1v) is 6.85. The van der Waals surface area contributed by atoms with Crippen molar-refractivity contribution < 1.29 is 0 Å². The van der Waals surface area contributed by atoms with Crippen molar-refractivity contribution >= 4 is 0 Å². The van der Waals surface area contributed by atoms with Crippen LogP contribution in [0.3, 0.4) is 0 Å². The smallest absolute Gasteiger partial charge is 0.0631 e. The molecule has 0 aliphatic carbocycles. The van der Waals surface area contributed by atoms with Gasteiger partial charge in [-0.05, 0) is 37.2 Å².